The molecule has 0 aromatic heterocycles. The molecule has 0 rings (SSSR count). The van der Waals surface area contributed by atoms with E-state index in [-0.39, 0.29) is 5.54 Å². The highest BCUT2D eigenvalue weighted by Crippen LogP contribution is 1.96. The van der Waals surface area contributed by atoms with Crippen LogP contribution < -0.4 is 11.1 Å². The molecule has 0 spiro atoms. The molecule has 0 aliphatic rings. The first-order chi connectivity index (χ1) is 6.33. The van der Waals surface area contributed by atoms with Crippen molar-refractivity contribution in [3.8, 4) is 0 Å². The summed E-state index contributed by atoms with van der Waals surface area (Å²) in [5.41, 5.74) is 4.87. The highest BCUT2D eigenvalue weighted by atomic mass is 79.9. The van der Waals surface area contributed by atoms with Crippen LogP contribution in [-0.4, -0.2) is 28.6 Å². The van der Waals surface area contributed by atoms with Crippen molar-refractivity contribution in [2.75, 3.05) is 11.9 Å². The van der Waals surface area contributed by atoms with E-state index in [1.54, 1.807) is 20.8 Å². The number of amides is 1. The summed E-state index contributed by atoms with van der Waals surface area (Å²) in [6, 6.07) is 0. The number of hydrogen-bond donors (Lipinski definition) is 3. The Morgan fingerprint density at radius 2 is 1.93 bits per heavy atom. The molecule has 4 N–H and O–H groups in total. The molecule has 1 amide bonds. The zero-order valence-electron chi connectivity index (χ0n) is 9.14. The molecule has 5 heteroatoms. The second-order valence-corrected chi connectivity index (χ2v) is 4.66. The molecular weight excluding hydrogens is 248 g/mol. The average molecular weight is 269 g/mol. The van der Waals surface area contributed by atoms with Crippen LogP contribution in [0.5, 0.6) is 0 Å². The van der Waals surface area contributed by atoms with Crippen molar-refractivity contribution in [1.82, 2.24) is 5.32 Å². The highest BCUT2D eigenvalue weighted by Gasteiger charge is 2.10. The summed E-state index contributed by atoms with van der Waals surface area (Å²) in [4.78, 5) is 9.90. The lowest BCUT2D eigenvalue weighted by Gasteiger charge is -2.16. The standard InChI is InChI=1S/C5H11NO2.C4H10BrN/c1-5(2,3)6-4(7)8;5-3-1-2-4-6/h6H,1-3H3,(H,7,8);1-4,6H2. The second kappa shape index (κ2) is 9.27. The van der Waals surface area contributed by atoms with Gasteiger partial charge in [0, 0.05) is 10.9 Å². The lowest BCUT2D eigenvalue weighted by atomic mass is 10.1. The van der Waals surface area contributed by atoms with Gasteiger partial charge < -0.3 is 16.2 Å². The number of alkyl halides is 1. The van der Waals surface area contributed by atoms with Gasteiger partial charge in [-0.3, -0.25) is 0 Å². The lowest BCUT2D eigenvalue weighted by Crippen LogP contribution is -2.39. The first kappa shape index (κ1) is 16.2. The van der Waals surface area contributed by atoms with Crippen molar-refractivity contribution >= 4 is 22.0 Å². The molecular formula is C9H21BrN2O2. The number of rotatable bonds is 3. The van der Waals surface area contributed by atoms with E-state index in [9.17, 15) is 4.79 Å². The Morgan fingerprint density at radius 3 is 2.00 bits per heavy atom. The fourth-order valence-corrected chi connectivity index (χ4v) is 0.956. The molecule has 0 saturated heterocycles. The molecule has 86 valence electrons. The summed E-state index contributed by atoms with van der Waals surface area (Å²) in [5.74, 6) is 0. The molecule has 0 aliphatic carbocycles. The third kappa shape index (κ3) is 22.6. The Balaban J connectivity index is 0. The van der Waals surface area contributed by atoms with Crippen molar-refractivity contribution in [1.29, 1.82) is 0 Å². The number of carboxylic acid groups (broad SMARTS) is 1. The Labute approximate surface area is 94.4 Å². The third-order valence-corrected chi connectivity index (χ3v) is 1.63. The predicted molar refractivity (Wildman–Crippen MR) is 63.0 cm³/mol. The molecule has 0 aromatic rings. The molecule has 0 aromatic carbocycles. The molecule has 0 fully saturated rings. The zero-order chi connectivity index (χ0) is 11.6. The van der Waals surface area contributed by atoms with Gasteiger partial charge in [-0.2, -0.15) is 0 Å². The van der Waals surface area contributed by atoms with Crippen LogP contribution in [0.1, 0.15) is 33.6 Å². The maximum atomic E-state index is 9.90. The highest BCUT2D eigenvalue weighted by molar-refractivity contribution is 9.09. The quantitative estimate of drug-likeness (QED) is 0.543. The minimum absolute atomic E-state index is 0.328. The molecule has 0 atom stereocenters. The number of hydrogen-bond acceptors (Lipinski definition) is 2. The van der Waals surface area contributed by atoms with Crippen LogP contribution in [0.4, 0.5) is 4.79 Å². The van der Waals surface area contributed by atoms with Crippen molar-refractivity contribution in [3.63, 3.8) is 0 Å². The molecule has 0 unspecified atom stereocenters. The number of nitrogens with one attached hydrogen (secondary N) is 1. The van der Waals surface area contributed by atoms with Gasteiger partial charge in [0.2, 0.25) is 0 Å². The predicted octanol–water partition coefficient (Wildman–Crippen LogP) is 2.17. The zero-order valence-corrected chi connectivity index (χ0v) is 10.7. The Morgan fingerprint density at radius 1 is 1.43 bits per heavy atom. The number of nitrogens with two attached hydrogens (primary N) is 1. The van der Waals surface area contributed by atoms with E-state index in [2.05, 4.69) is 21.2 Å². The van der Waals surface area contributed by atoms with Crippen LogP contribution >= 0.6 is 15.9 Å². The van der Waals surface area contributed by atoms with Crippen LogP contribution in [0.3, 0.4) is 0 Å². The van der Waals surface area contributed by atoms with Crippen LogP contribution in [-0.2, 0) is 0 Å². The first-order valence-electron chi connectivity index (χ1n) is 4.60. The summed E-state index contributed by atoms with van der Waals surface area (Å²) in [6.07, 6.45) is 1.37. The maximum Gasteiger partial charge on any atom is 0.405 e. The lowest BCUT2D eigenvalue weighted by molar-refractivity contribution is 0.184. The van der Waals surface area contributed by atoms with Crippen molar-refractivity contribution in [2.24, 2.45) is 5.73 Å². The van der Waals surface area contributed by atoms with Gasteiger partial charge in [-0.1, -0.05) is 15.9 Å². The minimum atomic E-state index is -0.975. The van der Waals surface area contributed by atoms with Crippen molar-refractivity contribution in [3.05, 3.63) is 0 Å². The van der Waals surface area contributed by atoms with E-state index in [0.717, 1.165) is 18.3 Å². The van der Waals surface area contributed by atoms with E-state index in [4.69, 9.17) is 10.8 Å². The van der Waals surface area contributed by atoms with E-state index >= 15 is 0 Å². The van der Waals surface area contributed by atoms with Gasteiger partial charge in [-0.25, -0.2) is 4.79 Å². The van der Waals surface area contributed by atoms with Crippen LogP contribution in [0.2, 0.25) is 0 Å². The summed E-state index contributed by atoms with van der Waals surface area (Å²) >= 11 is 3.29. The molecule has 0 aliphatic heterocycles. The average Bonchev–Trinajstić information content (AvgIpc) is 1.97. The van der Waals surface area contributed by atoms with Gasteiger partial charge >= 0.3 is 6.09 Å². The molecule has 0 heterocycles. The number of halogens is 1. The van der Waals surface area contributed by atoms with Crippen LogP contribution in [0.25, 0.3) is 0 Å². The third-order valence-electron chi connectivity index (χ3n) is 1.07. The SMILES string of the molecule is CC(C)(C)NC(=O)O.NCCCCBr. The maximum absolute atomic E-state index is 9.90. The first-order valence-corrected chi connectivity index (χ1v) is 5.72. The van der Waals surface area contributed by atoms with Gasteiger partial charge in [0.25, 0.3) is 0 Å². The molecule has 0 saturated carbocycles. The number of unbranched alkanes of at least 4 members (excludes halogenated alkanes) is 1. The van der Waals surface area contributed by atoms with E-state index in [1.807, 2.05) is 0 Å². The minimum Gasteiger partial charge on any atom is -0.465 e. The van der Waals surface area contributed by atoms with Crippen LogP contribution in [0.15, 0.2) is 0 Å². The summed E-state index contributed by atoms with van der Waals surface area (Å²) in [7, 11) is 0. The number of carbonyl (C=O) groups is 1. The smallest absolute Gasteiger partial charge is 0.405 e. The topological polar surface area (TPSA) is 75.3 Å². The Kier molecular flexibility index (Phi) is 10.7. The largest absolute Gasteiger partial charge is 0.465 e. The summed E-state index contributed by atoms with van der Waals surface area (Å²) < 4.78 is 0. The second-order valence-electron chi connectivity index (χ2n) is 3.86. The van der Waals surface area contributed by atoms with Gasteiger partial charge in [0.05, 0.1) is 0 Å². The van der Waals surface area contributed by atoms with Crippen LogP contribution in [0, 0.1) is 0 Å². The fraction of sp³-hybridized carbons (Fsp3) is 0.889. The van der Waals surface area contributed by atoms with E-state index in [0.29, 0.717) is 0 Å². The molecule has 4 nitrogen and oxygen atoms in total. The van der Waals surface area contributed by atoms with E-state index < -0.39 is 6.09 Å². The normalized spacial score (nSPS) is 10.1. The summed E-state index contributed by atoms with van der Waals surface area (Å²) in [6.45, 7) is 6.20. The fourth-order valence-electron chi connectivity index (χ4n) is 0.560. The molecule has 14 heavy (non-hydrogen) atoms. The van der Waals surface area contributed by atoms with Gasteiger partial charge in [-0.05, 0) is 40.2 Å². The summed E-state index contributed by atoms with van der Waals surface area (Å²) in [5, 5.41) is 11.5. The van der Waals surface area contributed by atoms with Gasteiger partial charge in [-0.15, -0.1) is 0 Å². The van der Waals surface area contributed by atoms with Gasteiger partial charge in [0.15, 0.2) is 0 Å². The Hall–Kier alpha value is -0.290. The van der Waals surface area contributed by atoms with E-state index in [1.165, 1.54) is 6.42 Å². The van der Waals surface area contributed by atoms with Crippen molar-refractivity contribution < 1.29 is 9.90 Å². The Bertz CT molecular complexity index is 142. The van der Waals surface area contributed by atoms with Gasteiger partial charge in [0.1, 0.15) is 0 Å². The monoisotopic (exact) mass is 268 g/mol. The molecule has 0 bridgehead atoms. The molecule has 0 radical (unpaired) electrons. The van der Waals surface area contributed by atoms with Crippen molar-refractivity contribution in [2.45, 2.75) is 39.2 Å².